The lowest BCUT2D eigenvalue weighted by atomic mass is 9.45. The summed E-state index contributed by atoms with van der Waals surface area (Å²) in [5.41, 5.74) is 1.07. The molecule has 0 amide bonds. The van der Waals surface area contributed by atoms with E-state index in [0.29, 0.717) is 19.3 Å². The number of ether oxygens (including phenoxy) is 1. The molecule has 0 saturated heterocycles. The van der Waals surface area contributed by atoms with Crippen molar-refractivity contribution in [2.24, 2.45) is 27.6 Å². The maximum Gasteiger partial charge on any atom is 0.306 e. The van der Waals surface area contributed by atoms with Gasteiger partial charge in [0, 0.05) is 52.3 Å². The SMILES string of the molecule is CCC(=O)O[C@]1(C(=O)SCCO)CCC2C34CCC5=CC([NH2+]c6ccc(F)cc6)=C(C=N)C[C@]5(C)C3(C4)[C@@H](O)C[C@@]21C. The predicted octanol–water partition coefficient (Wildman–Crippen LogP) is 4.56. The van der Waals surface area contributed by atoms with Gasteiger partial charge in [0.2, 0.25) is 5.12 Å². The van der Waals surface area contributed by atoms with Gasteiger partial charge in [-0.25, -0.2) is 4.39 Å². The summed E-state index contributed by atoms with van der Waals surface area (Å²) >= 11 is 1.03. The molecule has 1 aromatic rings. The van der Waals surface area contributed by atoms with Gasteiger partial charge < -0.3 is 20.4 Å². The van der Waals surface area contributed by atoms with Gasteiger partial charge in [-0.3, -0.25) is 14.9 Å². The van der Waals surface area contributed by atoms with E-state index in [2.05, 4.69) is 19.9 Å². The minimum absolute atomic E-state index is 0.106. The Morgan fingerprint density at radius 1 is 1.24 bits per heavy atom. The van der Waals surface area contributed by atoms with E-state index in [1.807, 2.05) is 5.32 Å². The molecule has 42 heavy (non-hydrogen) atoms. The molecule has 4 saturated carbocycles. The highest BCUT2D eigenvalue weighted by atomic mass is 32.2. The minimum Gasteiger partial charge on any atom is -0.449 e. The van der Waals surface area contributed by atoms with Gasteiger partial charge in [-0.05, 0) is 74.5 Å². The molecule has 226 valence electrons. The van der Waals surface area contributed by atoms with Crippen LogP contribution in [0.5, 0.6) is 0 Å². The van der Waals surface area contributed by atoms with Crippen molar-refractivity contribution < 1.29 is 34.2 Å². The number of fused-ring (bicyclic) bond motifs is 2. The van der Waals surface area contributed by atoms with Crippen LogP contribution in [0, 0.1) is 38.8 Å². The maximum atomic E-state index is 13.8. The van der Waals surface area contributed by atoms with E-state index in [0.717, 1.165) is 54.4 Å². The normalized spacial score (nSPS) is 39.8. The van der Waals surface area contributed by atoms with E-state index in [1.165, 1.54) is 23.9 Å². The van der Waals surface area contributed by atoms with Crippen LogP contribution in [0.3, 0.4) is 0 Å². The van der Waals surface area contributed by atoms with Crippen molar-refractivity contribution in [1.29, 1.82) is 5.41 Å². The van der Waals surface area contributed by atoms with E-state index < -0.39 is 23.1 Å². The van der Waals surface area contributed by atoms with Gasteiger partial charge in [0.05, 0.1) is 12.7 Å². The number of nitrogens with one attached hydrogen (secondary N) is 1. The Hall–Kier alpha value is -2.33. The molecule has 0 bridgehead atoms. The third-order valence-electron chi connectivity index (χ3n) is 12.1. The zero-order valence-electron chi connectivity index (χ0n) is 24.7. The van der Waals surface area contributed by atoms with Crippen LogP contribution in [0.1, 0.15) is 72.1 Å². The third kappa shape index (κ3) is 3.79. The molecular formula is C33H42FN2O5S+. The lowest BCUT2D eigenvalue weighted by Gasteiger charge is -2.60. The Balaban J connectivity index is 1.36. The smallest absolute Gasteiger partial charge is 0.306 e. The molecule has 7 nitrogen and oxygen atoms in total. The molecule has 7 atom stereocenters. The highest BCUT2D eigenvalue weighted by Crippen LogP contribution is 2.90. The lowest BCUT2D eigenvalue weighted by Crippen LogP contribution is -2.76. The number of esters is 1. The van der Waals surface area contributed by atoms with Crippen molar-refractivity contribution in [2.45, 2.75) is 83.8 Å². The topological polar surface area (TPSA) is 124 Å². The second-order valence-corrected chi connectivity index (χ2v) is 14.6. The standard InChI is InChI=1S/C33H41FN2O5S/c1-4-27(39)41-33(28(40)42-14-13-37)12-10-25-30(33,3)17-26(38)32-19-31(25,32)11-9-21-15-24(20(18-35)16-29(21,32)2)36-23-7-5-22(34)6-8-23/h5-8,15,18,25-26,35-38H,4,9-14,16-17,19H2,1-3H3/p+1/t25?,26-,29-,30-,31?,32?,33-/m0/s1. The molecule has 0 radical (unpaired) electrons. The van der Waals surface area contributed by atoms with E-state index in [-0.39, 0.29) is 51.9 Å². The van der Waals surface area contributed by atoms with Crippen LogP contribution >= 0.6 is 11.8 Å². The van der Waals surface area contributed by atoms with Crippen molar-refractivity contribution in [3.05, 3.63) is 53.0 Å². The second-order valence-electron chi connectivity index (χ2n) is 13.5. The van der Waals surface area contributed by atoms with Gasteiger partial charge in [-0.1, -0.05) is 38.1 Å². The lowest BCUT2D eigenvalue weighted by molar-refractivity contribution is -0.513. The molecule has 5 N–H and O–H groups in total. The fourth-order valence-electron chi connectivity index (χ4n) is 10.2. The van der Waals surface area contributed by atoms with E-state index in [4.69, 9.17) is 10.1 Å². The predicted molar refractivity (Wildman–Crippen MR) is 158 cm³/mol. The first kappa shape index (κ1) is 29.7. The number of allylic oxidation sites excluding steroid dienone is 3. The van der Waals surface area contributed by atoms with Crippen LogP contribution in [-0.2, 0) is 14.3 Å². The van der Waals surface area contributed by atoms with Crippen LogP contribution in [-0.4, -0.2) is 51.6 Å². The van der Waals surface area contributed by atoms with E-state index >= 15 is 0 Å². The third-order valence-corrected chi connectivity index (χ3v) is 13.0. The van der Waals surface area contributed by atoms with Crippen molar-refractivity contribution in [3.8, 4) is 0 Å². The average Bonchev–Trinajstić information content (AvgIpc) is 3.61. The van der Waals surface area contributed by atoms with Gasteiger partial charge in [0.15, 0.2) is 5.60 Å². The van der Waals surface area contributed by atoms with Crippen molar-refractivity contribution in [1.82, 2.24) is 0 Å². The molecule has 0 heterocycles. The number of nitrogens with two attached hydrogens (primary N) is 1. The minimum atomic E-state index is -1.32. The maximum absolute atomic E-state index is 13.8. The number of carbonyl (C=O) groups excluding carboxylic acids is 2. The summed E-state index contributed by atoms with van der Waals surface area (Å²) in [4.78, 5) is 26.6. The first-order valence-corrected chi connectivity index (χ1v) is 16.2. The number of aliphatic hydroxyl groups excluding tert-OH is 2. The summed E-state index contributed by atoms with van der Waals surface area (Å²) in [7, 11) is 0. The van der Waals surface area contributed by atoms with Gasteiger partial charge in [0.25, 0.3) is 0 Å². The molecule has 0 aromatic heterocycles. The fourth-order valence-corrected chi connectivity index (χ4v) is 11.1. The number of hydrogen-bond acceptors (Lipinski definition) is 7. The Morgan fingerprint density at radius 2 is 1.98 bits per heavy atom. The number of aliphatic hydroxyl groups is 2. The largest absolute Gasteiger partial charge is 0.449 e. The summed E-state index contributed by atoms with van der Waals surface area (Å²) < 4.78 is 19.7. The van der Waals surface area contributed by atoms with Crippen LogP contribution in [0.2, 0.25) is 0 Å². The highest BCUT2D eigenvalue weighted by Gasteiger charge is 2.88. The first-order chi connectivity index (χ1) is 20.0. The number of hydrogen-bond donors (Lipinski definition) is 4. The Labute approximate surface area is 250 Å². The molecular weight excluding hydrogens is 555 g/mol. The summed E-state index contributed by atoms with van der Waals surface area (Å²) in [6, 6.07) is 6.36. The molecule has 0 spiro atoms. The Morgan fingerprint density at radius 3 is 2.64 bits per heavy atom. The van der Waals surface area contributed by atoms with Gasteiger partial charge >= 0.3 is 5.97 Å². The van der Waals surface area contributed by atoms with E-state index in [9.17, 15) is 24.2 Å². The summed E-state index contributed by atoms with van der Waals surface area (Å²) in [6.07, 6.45) is 7.88. The van der Waals surface area contributed by atoms with Crippen molar-refractivity contribution in [2.75, 3.05) is 12.4 Å². The molecule has 5 aliphatic rings. The van der Waals surface area contributed by atoms with Crippen molar-refractivity contribution >= 4 is 34.7 Å². The number of carbonyl (C=O) groups is 2. The first-order valence-electron chi connectivity index (χ1n) is 15.2. The van der Waals surface area contributed by atoms with Crippen LogP contribution in [0.25, 0.3) is 0 Å². The molecule has 3 unspecified atom stereocenters. The summed E-state index contributed by atoms with van der Waals surface area (Å²) in [6.45, 7) is 5.90. The molecule has 1 aromatic carbocycles. The Kier molecular flexibility index (Phi) is 7.16. The number of benzene rings is 1. The summed E-state index contributed by atoms with van der Waals surface area (Å²) in [5.74, 6) is -0.347. The zero-order chi connectivity index (χ0) is 30.1. The van der Waals surface area contributed by atoms with Crippen molar-refractivity contribution in [3.63, 3.8) is 0 Å². The summed E-state index contributed by atoms with van der Waals surface area (Å²) in [5, 5.41) is 31.8. The molecule has 9 heteroatoms. The number of halogens is 1. The van der Waals surface area contributed by atoms with Crippen LogP contribution in [0.15, 0.2) is 47.2 Å². The van der Waals surface area contributed by atoms with Crippen LogP contribution < -0.4 is 5.32 Å². The second kappa shape index (κ2) is 10.1. The molecule has 4 fully saturated rings. The quantitative estimate of drug-likeness (QED) is 0.198. The fraction of sp³-hybridized carbons (Fsp3) is 0.606. The number of quaternary nitrogens is 1. The monoisotopic (exact) mass is 597 g/mol. The Bertz CT molecular complexity index is 1390. The zero-order valence-corrected chi connectivity index (χ0v) is 25.5. The average molecular weight is 598 g/mol. The van der Waals surface area contributed by atoms with Gasteiger partial charge in [0.1, 0.15) is 17.2 Å². The van der Waals surface area contributed by atoms with Gasteiger partial charge in [-0.15, -0.1) is 0 Å². The van der Waals surface area contributed by atoms with Crippen LogP contribution in [0.4, 0.5) is 10.1 Å². The van der Waals surface area contributed by atoms with Gasteiger partial charge in [-0.2, -0.15) is 0 Å². The number of thioether (sulfide) groups is 1. The molecule has 6 rings (SSSR count). The molecule has 0 aliphatic heterocycles. The van der Waals surface area contributed by atoms with E-state index in [1.54, 1.807) is 19.1 Å². The number of rotatable bonds is 8. The highest BCUT2D eigenvalue weighted by molar-refractivity contribution is 8.13. The molecule has 5 aliphatic carbocycles.